The van der Waals surface area contributed by atoms with Crippen LogP contribution in [0.25, 0.3) is 0 Å². The van der Waals surface area contributed by atoms with E-state index in [9.17, 15) is 0 Å². The Hall–Kier alpha value is -2.19. The van der Waals surface area contributed by atoms with Gasteiger partial charge >= 0.3 is 0 Å². The summed E-state index contributed by atoms with van der Waals surface area (Å²) in [6.45, 7) is 6.89. The van der Waals surface area contributed by atoms with Crippen molar-refractivity contribution in [2.75, 3.05) is 4.90 Å². The van der Waals surface area contributed by atoms with Crippen molar-refractivity contribution in [3.05, 3.63) is 78.4 Å². The Labute approximate surface area is 154 Å². The van der Waals surface area contributed by atoms with Crippen LogP contribution in [0.1, 0.15) is 26.3 Å². The van der Waals surface area contributed by atoms with E-state index in [0.717, 1.165) is 6.42 Å². The summed E-state index contributed by atoms with van der Waals surface area (Å²) < 4.78 is 0. The van der Waals surface area contributed by atoms with Gasteiger partial charge in [-0.1, -0.05) is 68.9 Å². The van der Waals surface area contributed by atoms with Crippen LogP contribution in [-0.4, -0.2) is 0 Å². The van der Waals surface area contributed by atoms with Gasteiger partial charge in [-0.25, -0.2) is 0 Å². The summed E-state index contributed by atoms with van der Waals surface area (Å²) in [4.78, 5) is 5.02. The summed E-state index contributed by atoms with van der Waals surface area (Å²) in [5.74, 6) is 0. The van der Waals surface area contributed by atoms with E-state index in [1.807, 2.05) is 11.8 Å². The summed E-state index contributed by atoms with van der Waals surface area (Å²) in [5, 5.41) is 0. The van der Waals surface area contributed by atoms with Crippen molar-refractivity contribution in [2.45, 2.75) is 37.0 Å². The lowest BCUT2D eigenvalue weighted by Crippen LogP contribution is -2.16. The molecule has 1 nitrogen and oxygen atoms in total. The van der Waals surface area contributed by atoms with Crippen molar-refractivity contribution in [2.24, 2.45) is 5.41 Å². The molecule has 1 aliphatic heterocycles. The number of fused-ring (bicyclic) bond motifs is 2. The van der Waals surface area contributed by atoms with Gasteiger partial charge in [0.1, 0.15) is 0 Å². The second kappa shape index (κ2) is 6.27. The van der Waals surface area contributed by atoms with Crippen LogP contribution >= 0.6 is 11.8 Å². The van der Waals surface area contributed by atoms with Gasteiger partial charge in [0.15, 0.2) is 0 Å². The fourth-order valence-electron chi connectivity index (χ4n) is 3.38. The summed E-state index contributed by atoms with van der Waals surface area (Å²) in [7, 11) is 0. The maximum Gasteiger partial charge on any atom is 0.0604 e. The van der Waals surface area contributed by atoms with Gasteiger partial charge in [-0.2, -0.15) is 0 Å². The summed E-state index contributed by atoms with van der Waals surface area (Å²) in [6.07, 6.45) is 1.08. The Morgan fingerprint density at radius 2 is 1.44 bits per heavy atom. The normalized spacial score (nSPS) is 13.3. The van der Waals surface area contributed by atoms with Crippen molar-refractivity contribution in [1.82, 2.24) is 0 Å². The second-order valence-corrected chi connectivity index (χ2v) is 8.86. The number of nitrogens with zero attached hydrogens (tertiary/aromatic N) is 1. The van der Waals surface area contributed by atoms with Gasteiger partial charge in [0, 0.05) is 15.5 Å². The molecular weight excluding hydrogens is 322 g/mol. The molecule has 0 saturated heterocycles. The van der Waals surface area contributed by atoms with Crippen LogP contribution in [-0.2, 0) is 6.42 Å². The van der Waals surface area contributed by atoms with Gasteiger partial charge in [-0.15, -0.1) is 0 Å². The molecule has 0 radical (unpaired) electrons. The minimum atomic E-state index is 0.283. The number of rotatable bonds is 2. The van der Waals surface area contributed by atoms with E-state index >= 15 is 0 Å². The zero-order chi connectivity index (χ0) is 17.4. The third-order valence-corrected chi connectivity index (χ3v) is 5.47. The third kappa shape index (κ3) is 3.32. The topological polar surface area (TPSA) is 3.24 Å². The first-order valence-electron chi connectivity index (χ1n) is 8.76. The van der Waals surface area contributed by atoms with Crippen LogP contribution in [0.2, 0.25) is 0 Å². The lowest BCUT2D eigenvalue weighted by molar-refractivity contribution is 0.411. The van der Waals surface area contributed by atoms with Crippen LogP contribution in [0, 0.1) is 5.41 Å². The highest BCUT2D eigenvalue weighted by Crippen LogP contribution is 2.51. The van der Waals surface area contributed by atoms with Crippen LogP contribution < -0.4 is 4.90 Å². The van der Waals surface area contributed by atoms with Crippen molar-refractivity contribution < 1.29 is 0 Å². The molecule has 0 amide bonds. The quantitative estimate of drug-likeness (QED) is 0.377. The van der Waals surface area contributed by atoms with Gasteiger partial charge in [-0.3, -0.25) is 0 Å². The molecule has 0 aliphatic carbocycles. The van der Waals surface area contributed by atoms with Gasteiger partial charge in [0.05, 0.1) is 11.4 Å². The van der Waals surface area contributed by atoms with E-state index in [1.54, 1.807) is 0 Å². The Bertz CT molecular complexity index is 893. The minimum Gasteiger partial charge on any atom is -0.308 e. The van der Waals surface area contributed by atoms with E-state index in [2.05, 4.69) is 98.5 Å². The summed E-state index contributed by atoms with van der Waals surface area (Å²) in [6, 6.07) is 26.3. The summed E-state index contributed by atoms with van der Waals surface area (Å²) >= 11 is 1.87. The highest BCUT2D eigenvalue weighted by atomic mass is 32.2. The predicted molar refractivity (Wildman–Crippen MR) is 108 cm³/mol. The molecular formula is C23H23NS. The van der Waals surface area contributed by atoms with Gasteiger partial charge in [0.25, 0.3) is 0 Å². The van der Waals surface area contributed by atoms with E-state index < -0.39 is 0 Å². The fourth-order valence-corrected chi connectivity index (χ4v) is 4.42. The molecule has 0 aromatic heterocycles. The van der Waals surface area contributed by atoms with Crippen LogP contribution in [0.4, 0.5) is 17.1 Å². The maximum atomic E-state index is 2.40. The van der Waals surface area contributed by atoms with Crippen molar-refractivity contribution in [3.8, 4) is 0 Å². The Balaban J connectivity index is 1.87. The molecule has 0 atom stereocenters. The largest absolute Gasteiger partial charge is 0.308 e. The number of hydrogen-bond donors (Lipinski definition) is 0. The molecule has 0 saturated carbocycles. The lowest BCUT2D eigenvalue weighted by Gasteiger charge is -2.33. The standard InChI is InChI=1S/C23H23NS/c1-23(2,3)16-17-13-14-22-20(15-17)24(18-9-5-4-6-10-18)19-11-7-8-12-21(19)25-22/h4-15H,16H2,1-3H3. The SMILES string of the molecule is CC(C)(C)Cc1ccc2c(c1)N(c1ccccc1)c1ccccc1S2. The first kappa shape index (κ1) is 16.3. The average Bonchev–Trinajstić information content (AvgIpc) is 2.59. The first-order valence-corrected chi connectivity index (χ1v) is 9.58. The molecule has 4 rings (SSSR count). The van der Waals surface area contributed by atoms with Gasteiger partial charge in [-0.05, 0) is 53.8 Å². The minimum absolute atomic E-state index is 0.283. The number of benzene rings is 3. The Morgan fingerprint density at radius 1 is 0.760 bits per heavy atom. The molecule has 0 N–H and O–H groups in total. The molecule has 0 bridgehead atoms. The maximum absolute atomic E-state index is 2.40. The molecule has 1 heterocycles. The zero-order valence-corrected chi connectivity index (χ0v) is 15.8. The number of hydrogen-bond acceptors (Lipinski definition) is 2. The second-order valence-electron chi connectivity index (χ2n) is 7.78. The van der Waals surface area contributed by atoms with Crippen molar-refractivity contribution >= 4 is 28.8 Å². The van der Waals surface area contributed by atoms with Crippen molar-refractivity contribution in [1.29, 1.82) is 0 Å². The molecule has 3 aromatic carbocycles. The average molecular weight is 346 g/mol. The van der Waals surface area contributed by atoms with Crippen LogP contribution in [0.3, 0.4) is 0 Å². The molecule has 0 fully saturated rings. The van der Waals surface area contributed by atoms with Gasteiger partial charge in [0.2, 0.25) is 0 Å². The number of para-hydroxylation sites is 2. The molecule has 25 heavy (non-hydrogen) atoms. The molecule has 2 heteroatoms. The van der Waals surface area contributed by atoms with Crippen molar-refractivity contribution in [3.63, 3.8) is 0 Å². The van der Waals surface area contributed by atoms with Crippen LogP contribution in [0.5, 0.6) is 0 Å². The lowest BCUT2D eigenvalue weighted by atomic mass is 9.88. The smallest absolute Gasteiger partial charge is 0.0604 e. The Morgan fingerprint density at radius 3 is 2.20 bits per heavy atom. The molecule has 0 unspecified atom stereocenters. The van der Waals surface area contributed by atoms with Gasteiger partial charge < -0.3 is 4.90 Å². The van der Waals surface area contributed by atoms with E-state index in [-0.39, 0.29) is 5.41 Å². The van der Waals surface area contributed by atoms with E-state index in [1.165, 1.54) is 32.4 Å². The zero-order valence-electron chi connectivity index (χ0n) is 15.0. The predicted octanol–water partition coefficient (Wildman–Crippen LogP) is 7.21. The highest BCUT2D eigenvalue weighted by molar-refractivity contribution is 7.99. The Kier molecular flexibility index (Phi) is 4.09. The molecule has 126 valence electrons. The molecule has 1 aliphatic rings. The third-order valence-electron chi connectivity index (χ3n) is 4.34. The fraction of sp³-hybridized carbons (Fsp3) is 0.217. The highest BCUT2D eigenvalue weighted by Gasteiger charge is 2.25. The van der Waals surface area contributed by atoms with E-state index in [0.29, 0.717) is 0 Å². The molecule has 3 aromatic rings. The van der Waals surface area contributed by atoms with E-state index in [4.69, 9.17) is 0 Å². The molecule has 0 spiro atoms. The van der Waals surface area contributed by atoms with Crippen LogP contribution in [0.15, 0.2) is 82.6 Å². The first-order chi connectivity index (χ1) is 12.0. The monoisotopic (exact) mass is 345 g/mol. The number of anilines is 3. The summed E-state index contributed by atoms with van der Waals surface area (Å²) in [5.41, 5.74) is 5.44.